The van der Waals surface area contributed by atoms with E-state index in [9.17, 15) is 9.90 Å². The maximum atomic E-state index is 12.9. The number of aliphatic hydroxyl groups is 1. The van der Waals surface area contributed by atoms with Gasteiger partial charge in [-0.05, 0) is 25.4 Å². The van der Waals surface area contributed by atoms with Gasteiger partial charge >= 0.3 is 0 Å². The topological polar surface area (TPSA) is 107 Å². The Hall–Kier alpha value is -2.79. The average molecular weight is 497 g/mol. The molecule has 0 unspecified atom stereocenters. The molecule has 3 N–H and O–H groups in total. The van der Waals surface area contributed by atoms with Crippen LogP contribution in [0.3, 0.4) is 0 Å². The van der Waals surface area contributed by atoms with Crippen LogP contribution in [-0.2, 0) is 0 Å². The minimum Gasteiger partial charge on any atom is -0.395 e. The minimum absolute atomic E-state index is 0.0324. The summed E-state index contributed by atoms with van der Waals surface area (Å²) >= 11 is 7.10. The van der Waals surface area contributed by atoms with E-state index in [1.165, 1.54) is 35.4 Å². The van der Waals surface area contributed by atoms with E-state index in [0.717, 1.165) is 11.3 Å². The number of β-amino-alcohol motifs (C(OH)–C–C–N with tert-alkyl or cyclic N) is 1. The number of carbonyl (C=O) groups is 1. The molecule has 0 aliphatic carbocycles. The number of anilines is 4. The van der Waals surface area contributed by atoms with Crippen LogP contribution < -0.4 is 15.5 Å². The van der Waals surface area contributed by atoms with Crippen molar-refractivity contribution in [3.05, 3.63) is 51.7 Å². The molecule has 0 bridgehead atoms. The smallest absolute Gasteiger partial charge is 0.267 e. The van der Waals surface area contributed by atoms with Gasteiger partial charge in [0.1, 0.15) is 22.3 Å². The van der Waals surface area contributed by atoms with Gasteiger partial charge in [-0.2, -0.15) is 0 Å². The Morgan fingerprint density at radius 3 is 2.97 bits per heavy atom. The van der Waals surface area contributed by atoms with Crippen molar-refractivity contribution in [3.8, 4) is 0 Å². The molecule has 1 aromatic carbocycles. The fourth-order valence-electron chi connectivity index (χ4n) is 2.92. The molecule has 1 saturated heterocycles. The third-order valence-corrected chi connectivity index (χ3v) is 5.66. The molecular formula is C22H26ClN7O2S. The lowest BCUT2D eigenvalue weighted by atomic mass is 10.2. The summed E-state index contributed by atoms with van der Waals surface area (Å²) in [5.74, 6) is -0.00491. The normalized spacial score (nSPS) is 22.3. The van der Waals surface area contributed by atoms with Crippen molar-refractivity contribution in [1.82, 2.24) is 19.9 Å². The lowest BCUT2D eigenvalue weighted by Gasteiger charge is -2.35. The highest BCUT2D eigenvalue weighted by atomic mass is 35.5. The zero-order chi connectivity index (χ0) is 31.3. The van der Waals surface area contributed by atoms with Crippen LogP contribution in [0, 0.1) is 13.8 Å². The highest BCUT2D eigenvalue weighted by Gasteiger charge is 2.19. The number of benzene rings is 1. The van der Waals surface area contributed by atoms with Crippen LogP contribution in [0.2, 0.25) is 5.02 Å². The molecule has 3 aromatic rings. The molecule has 4 rings (SSSR count). The van der Waals surface area contributed by atoms with Gasteiger partial charge in [0, 0.05) is 51.0 Å². The number of aryl methyl sites for hydroxylation is 2. The Kier molecular flexibility index (Phi) is 4.57. The standard InChI is InChI=1S/C22H26ClN7O2S/c1-14-4-3-5-16(23)20(14)28-21(32)17-13-24-22(33-17)27-18-12-19(26-15(2)25-18)30-8-6-29(7-9-30)10-11-31/h3-5,12-13,31H,6-11H2,1-2H3,(H,28,32)(H,24,25,26,27)/i1D3,6D2,7D2,10D2. The maximum absolute atomic E-state index is 12.9. The molecule has 0 atom stereocenters. The van der Waals surface area contributed by atoms with E-state index in [4.69, 9.17) is 23.9 Å². The first kappa shape index (κ1) is 14.5. The summed E-state index contributed by atoms with van der Waals surface area (Å²) in [6, 6.07) is 5.72. The number of thiazole rings is 1. The highest BCUT2D eigenvalue weighted by molar-refractivity contribution is 7.17. The van der Waals surface area contributed by atoms with E-state index in [0.29, 0.717) is 4.90 Å². The van der Waals surface area contributed by atoms with Crippen LogP contribution in [0.15, 0.2) is 30.5 Å². The molecule has 33 heavy (non-hydrogen) atoms. The number of nitrogens with one attached hydrogen (secondary N) is 2. The lowest BCUT2D eigenvalue weighted by Crippen LogP contribution is -2.47. The first-order chi connectivity index (χ1) is 19.3. The van der Waals surface area contributed by atoms with E-state index < -0.39 is 51.9 Å². The number of amides is 1. The van der Waals surface area contributed by atoms with Gasteiger partial charge in [0.05, 0.1) is 23.5 Å². The zero-order valence-electron chi connectivity index (χ0n) is 26.4. The third-order valence-electron chi connectivity index (χ3n) is 4.43. The number of hydrogen-bond acceptors (Lipinski definition) is 9. The van der Waals surface area contributed by atoms with Crippen LogP contribution >= 0.6 is 22.9 Å². The molecular weight excluding hydrogens is 462 g/mol. The predicted molar refractivity (Wildman–Crippen MR) is 132 cm³/mol. The number of aliphatic hydroxyl groups excluding tert-OH is 1. The monoisotopic (exact) mass is 496 g/mol. The molecule has 1 aliphatic rings. The maximum Gasteiger partial charge on any atom is 0.267 e. The summed E-state index contributed by atoms with van der Waals surface area (Å²) in [7, 11) is 0. The summed E-state index contributed by atoms with van der Waals surface area (Å²) in [5, 5.41) is 15.2. The van der Waals surface area contributed by atoms with Crippen molar-refractivity contribution in [2.45, 2.75) is 13.8 Å². The van der Waals surface area contributed by atoms with Gasteiger partial charge in [0.15, 0.2) is 5.13 Å². The molecule has 2 aromatic heterocycles. The Morgan fingerprint density at radius 1 is 1.39 bits per heavy atom. The zero-order valence-corrected chi connectivity index (χ0v) is 19.0. The van der Waals surface area contributed by atoms with E-state index >= 15 is 0 Å². The lowest BCUT2D eigenvalue weighted by molar-refractivity contribution is 0.103. The molecule has 9 nitrogen and oxygen atoms in total. The second kappa shape index (κ2) is 10.4. The summed E-state index contributed by atoms with van der Waals surface area (Å²) < 4.78 is 72.4. The van der Waals surface area contributed by atoms with Crippen LogP contribution in [0.5, 0.6) is 0 Å². The van der Waals surface area contributed by atoms with E-state index in [-0.39, 0.29) is 43.7 Å². The predicted octanol–water partition coefficient (Wildman–Crippen LogP) is 3.31. The largest absolute Gasteiger partial charge is 0.395 e. The van der Waals surface area contributed by atoms with Crippen molar-refractivity contribution in [2.24, 2.45) is 0 Å². The van der Waals surface area contributed by atoms with E-state index in [1.807, 2.05) is 0 Å². The molecule has 0 radical (unpaired) electrons. The Balaban J connectivity index is 1.54. The molecule has 1 fully saturated rings. The van der Waals surface area contributed by atoms with Crippen molar-refractivity contribution < 1.29 is 22.2 Å². The number of rotatable bonds is 7. The summed E-state index contributed by atoms with van der Waals surface area (Å²) in [6.45, 7) is -10.6. The van der Waals surface area contributed by atoms with Gasteiger partial charge in [-0.25, -0.2) is 15.0 Å². The van der Waals surface area contributed by atoms with E-state index in [1.54, 1.807) is 6.92 Å². The molecule has 11 heteroatoms. The quantitative estimate of drug-likeness (QED) is 0.457. The SMILES string of the molecule is [2H]C([2H])([2H])c1cccc(Cl)c1NC(=O)c1cnc(Nc2cc(N3CC([2H])([2H])N(C([2H])([2H])CO)C([2H])([2H])C3)nc(C)n2)s1. The van der Waals surface area contributed by atoms with Gasteiger partial charge in [-0.15, -0.1) is 0 Å². The molecule has 3 heterocycles. The average Bonchev–Trinajstić information content (AvgIpc) is 3.31. The minimum atomic E-state index is -2.65. The van der Waals surface area contributed by atoms with E-state index in [2.05, 4.69) is 25.6 Å². The number of hydrogen-bond donors (Lipinski definition) is 3. The summed E-state index contributed by atoms with van der Waals surface area (Å²) in [6.07, 6.45) is 1.28. The number of carbonyl (C=O) groups excluding carboxylic acids is 1. The molecule has 1 aliphatic heterocycles. The first-order valence-corrected chi connectivity index (χ1v) is 10.9. The van der Waals surface area contributed by atoms with Gasteiger partial charge in [-0.3, -0.25) is 9.69 Å². The second-order valence-electron chi connectivity index (χ2n) is 6.75. The van der Waals surface area contributed by atoms with Crippen molar-refractivity contribution >= 4 is 51.3 Å². The van der Waals surface area contributed by atoms with Gasteiger partial charge in [-0.1, -0.05) is 35.1 Å². The number of piperazine rings is 1. The Bertz CT molecular complexity index is 1470. The second-order valence-corrected chi connectivity index (χ2v) is 8.19. The van der Waals surface area contributed by atoms with Crippen LogP contribution in [0.1, 0.15) is 33.4 Å². The highest BCUT2D eigenvalue weighted by Crippen LogP contribution is 2.28. The van der Waals surface area contributed by atoms with Gasteiger partial charge in [0.2, 0.25) is 0 Å². The number of para-hydroxylation sites is 1. The summed E-state index contributed by atoms with van der Waals surface area (Å²) in [4.78, 5) is 27.5. The Labute approximate surface area is 214 Å². The fraction of sp³-hybridized carbons (Fsp3) is 0.364. The summed E-state index contributed by atoms with van der Waals surface area (Å²) in [5.41, 5.74) is -0.146. The number of nitrogens with zero attached hydrogens (tertiary/aromatic N) is 5. The van der Waals surface area contributed by atoms with Crippen molar-refractivity contribution in [3.63, 3.8) is 0 Å². The van der Waals surface area contributed by atoms with Crippen LogP contribution in [0.4, 0.5) is 22.5 Å². The fourth-order valence-corrected chi connectivity index (χ4v) is 3.86. The number of aromatic nitrogens is 3. The molecule has 0 saturated carbocycles. The Morgan fingerprint density at radius 2 is 2.21 bits per heavy atom. The van der Waals surface area contributed by atoms with Crippen LogP contribution in [-0.4, -0.2) is 70.1 Å². The van der Waals surface area contributed by atoms with Crippen molar-refractivity contribution in [1.29, 1.82) is 0 Å². The third kappa shape index (κ3) is 5.77. The van der Waals surface area contributed by atoms with Gasteiger partial charge < -0.3 is 20.6 Å². The van der Waals surface area contributed by atoms with Gasteiger partial charge in [0.25, 0.3) is 5.91 Å². The molecule has 174 valence electrons. The first-order valence-electron chi connectivity index (χ1n) is 14.2. The molecule has 0 spiro atoms. The van der Waals surface area contributed by atoms with Crippen molar-refractivity contribution in [2.75, 3.05) is 54.7 Å². The number of halogens is 1. The van der Waals surface area contributed by atoms with Crippen LogP contribution in [0.25, 0.3) is 0 Å². The molecule has 1 amide bonds.